The maximum absolute atomic E-state index is 11.9. The summed E-state index contributed by atoms with van der Waals surface area (Å²) in [6, 6.07) is 7.06. The lowest BCUT2D eigenvalue weighted by Crippen LogP contribution is -2.30. The van der Waals surface area contributed by atoms with Gasteiger partial charge in [-0.2, -0.15) is 0 Å². The third kappa shape index (κ3) is 4.46. The number of amides is 1. The van der Waals surface area contributed by atoms with Crippen LogP contribution in [0.5, 0.6) is 5.88 Å². The van der Waals surface area contributed by atoms with Crippen molar-refractivity contribution in [3.63, 3.8) is 0 Å². The average Bonchev–Trinajstić information content (AvgIpc) is 3.01. The zero-order chi connectivity index (χ0) is 19.4. The van der Waals surface area contributed by atoms with Gasteiger partial charge in [0.15, 0.2) is 5.69 Å². The quantitative estimate of drug-likeness (QED) is 0.714. The second-order valence-electron chi connectivity index (χ2n) is 6.43. The molecule has 1 N–H and O–H groups in total. The number of carbonyl (C=O) groups is 1. The van der Waals surface area contributed by atoms with Crippen LogP contribution in [0.25, 0.3) is 11.3 Å². The molecule has 0 saturated carbocycles. The van der Waals surface area contributed by atoms with Crippen molar-refractivity contribution in [1.29, 1.82) is 0 Å². The van der Waals surface area contributed by atoms with Gasteiger partial charge in [0.1, 0.15) is 18.1 Å². The number of carbonyl (C=O) groups excluding carboxylic acids is 1. The van der Waals surface area contributed by atoms with Gasteiger partial charge in [-0.1, -0.05) is 5.16 Å². The van der Waals surface area contributed by atoms with E-state index in [0.717, 1.165) is 16.8 Å². The van der Waals surface area contributed by atoms with Crippen LogP contribution in [0.15, 0.2) is 35.0 Å². The van der Waals surface area contributed by atoms with Gasteiger partial charge in [0.2, 0.25) is 5.88 Å². The summed E-state index contributed by atoms with van der Waals surface area (Å²) in [4.78, 5) is 16.2. The molecule has 3 aromatic rings. The number of aromatic nitrogens is 4. The summed E-state index contributed by atoms with van der Waals surface area (Å²) in [5.74, 6) is 0.698. The second kappa shape index (κ2) is 7.94. The smallest absolute Gasteiger partial charge is 0.272 e. The van der Waals surface area contributed by atoms with Crippen molar-refractivity contribution < 1.29 is 14.1 Å². The van der Waals surface area contributed by atoms with E-state index < -0.39 is 0 Å². The molecule has 0 aliphatic rings. The van der Waals surface area contributed by atoms with Crippen LogP contribution in [-0.4, -0.2) is 32.3 Å². The van der Waals surface area contributed by atoms with E-state index in [2.05, 4.69) is 25.7 Å². The highest BCUT2D eigenvalue weighted by atomic mass is 16.5. The molecule has 140 valence electrons. The van der Waals surface area contributed by atoms with Crippen LogP contribution in [0.4, 0.5) is 0 Å². The Morgan fingerprint density at radius 3 is 2.63 bits per heavy atom. The Hall–Kier alpha value is -3.29. The minimum Gasteiger partial charge on any atom is -0.472 e. The third-order valence-electron chi connectivity index (χ3n) is 3.83. The summed E-state index contributed by atoms with van der Waals surface area (Å²) in [6.07, 6.45) is 1.75. The van der Waals surface area contributed by atoms with Crippen LogP contribution in [-0.2, 0) is 6.61 Å². The topological polar surface area (TPSA) is 103 Å². The van der Waals surface area contributed by atoms with E-state index in [-0.39, 0.29) is 24.2 Å². The number of rotatable bonds is 6. The highest BCUT2D eigenvalue weighted by Gasteiger charge is 2.16. The zero-order valence-corrected chi connectivity index (χ0v) is 15.7. The molecule has 1 amide bonds. The summed E-state index contributed by atoms with van der Waals surface area (Å²) < 4.78 is 11.0. The Bertz CT molecular complexity index is 918. The van der Waals surface area contributed by atoms with Gasteiger partial charge >= 0.3 is 0 Å². The second-order valence-corrected chi connectivity index (χ2v) is 6.43. The lowest BCUT2D eigenvalue weighted by atomic mass is 10.1. The van der Waals surface area contributed by atoms with Crippen molar-refractivity contribution in [1.82, 2.24) is 25.7 Å². The first-order valence-corrected chi connectivity index (χ1v) is 8.59. The molecule has 0 aromatic carbocycles. The molecule has 8 nitrogen and oxygen atoms in total. The van der Waals surface area contributed by atoms with Gasteiger partial charge in [0, 0.05) is 29.6 Å². The maximum atomic E-state index is 11.9. The molecule has 3 aromatic heterocycles. The molecule has 0 saturated heterocycles. The summed E-state index contributed by atoms with van der Waals surface area (Å²) in [6.45, 7) is 7.72. The van der Waals surface area contributed by atoms with E-state index in [9.17, 15) is 4.79 Å². The van der Waals surface area contributed by atoms with Gasteiger partial charge in [-0.05, 0) is 45.9 Å². The number of hydrogen-bond donors (Lipinski definition) is 1. The molecule has 0 bridgehead atoms. The van der Waals surface area contributed by atoms with Crippen LogP contribution in [0.1, 0.15) is 41.4 Å². The van der Waals surface area contributed by atoms with Gasteiger partial charge in [0.05, 0.1) is 5.56 Å². The molecular weight excluding hydrogens is 346 g/mol. The van der Waals surface area contributed by atoms with Gasteiger partial charge < -0.3 is 14.6 Å². The van der Waals surface area contributed by atoms with Crippen LogP contribution in [0.2, 0.25) is 0 Å². The van der Waals surface area contributed by atoms with Crippen LogP contribution < -0.4 is 10.1 Å². The van der Waals surface area contributed by atoms with E-state index in [0.29, 0.717) is 17.3 Å². The molecule has 0 fully saturated rings. The average molecular weight is 367 g/mol. The van der Waals surface area contributed by atoms with Gasteiger partial charge in [-0.25, -0.2) is 0 Å². The first kappa shape index (κ1) is 18.5. The number of aryl methyl sites for hydroxylation is 2. The largest absolute Gasteiger partial charge is 0.472 e. The number of ether oxygens (including phenoxy) is 1. The minimum absolute atomic E-state index is 0.0291. The molecule has 0 radical (unpaired) electrons. The Morgan fingerprint density at radius 2 is 2.00 bits per heavy atom. The summed E-state index contributed by atoms with van der Waals surface area (Å²) >= 11 is 0. The Kier molecular flexibility index (Phi) is 5.44. The van der Waals surface area contributed by atoms with Crippen molar-refractivity contribution in [2.75, 3.05) is 0 Å². The normalized spacial score (nSPS) is 10.9. The molecule has 8 heteroatoms. The molecule has 0 unspecified atom stereocenters. The zero-order valence-electron chi connectivity index (χ0n) is 15.7. The maximum Gasteiger partial charge on any atom is 0.272 e. The molecule has 0 aliphatic heterocycles. The molecule has 3 rings (SSSR count). The molecule has 3 heterocycles. The van der Waals surface area contributed by atoms with Crippen molar-refractivity contribution in [3.05, 3.63) is 53.2 Å². The molecular formula is C19H21N5O3. The summed E-state index contributed by atoms with van der Waals surface area (Å²) in [5, 5.41) is 14.7. The monoisotopic (exact) mass is 367 g/mol. The van der Waals surface area contributed by atoms with Crippen molar-refractivity contribution in [2.24, 2.45) is 0 Å². The third-order valence-corrected chi connectivity index (χ3v) is 3.83. The lowest BCUT2D eigenvalue weighted by Gasteiger charge is -2.08. The van der Waals surface area contributed by atoms with Crippen molar-refractivity contribution in [3.8, 4) is 17.1 Å². The van der Waals surface area contributed by atoms with E-state index in [1.807, 2.05) is 39.8 Å². The highest BCUT2D eigenvalue weighted by Crippen LogP contribution is 2.25. The van der Waals surface area contributed by atoms with Gasteiger partial charge in [0.25, 0.3) is 5.91 Å². The van der Waals surface area contributed by atoms with E-state index in [1.54, 1.807) is 18.3 Å². The number of nitrogens with zero attached hydrogens (tertiary/aromatic N) is 4. The Labute approximate surface area is 157 Å². The SMILES string of the molecule is Cc1ccc(-c2noc(C)c2COc2ccc(C(=O)NC(C)C)nn2)cn1. The van der Waals surface area contributed by atoms with E-state index >= 15 is 0 Å². The van der Waals surface area contributed by atoms with Gasteiger partial charge in [-0.15, -0.1) is 10.2 Å². The molecule has 0 aliphatic carbocycles. The van der Waals surface area contributed by atoms with Gasteiger partial charge in [-0.3, -0.25) is 9.78 Å². The fraction of sp³-hybridized carbons (Fsp3) is 0.316. The van der Waals surface area contributed by atoms with E-state index in [4.69, 9.17) is 9.26 Å². The first-order chi connectivity index (χ1) is 12.9. The van der Waals surface area contributed by atoms with Crippen molar-refractivity contribution in [2.45, 2.75) is 40.3 Å². The first-order valence-electron chi connectivity index (χ1n) is 8.59. The molecule has 0 atom stereocenters. The Morgan fingerprint density at radius 1 is 1.19 bits per heavy atom. The number of nitrogens with one attached hydrogen (secondary N) is 1. The minimum atomic E-state index is -0.270. The fourth-order valence-corrected chi connectivity index (χ4v) is 2.40. The van der Waals surface area contributed by atoms with Crippen LogP contribution >= 0.6 is 0 Å². The number of hydrogen-bond acceptors (Lipinski definition) is 7. The molecule has 27 heavy (non-hydrogen) atoms. The lowest BCUT2D eigenvalue weighted by molar-refractivity contribution is 0.0936. The highest BCUT2D eigenvalue weighted by molar-refractivity contribution is 5.92. The van der Waals surface area contributed by atoms with Crippen molar-refractivity contribution >= 4 is 5.91 Å². The van der Waals surface area contributed by atoms with E-state index in [1.165, 1.54) is 0 Å². The number of pyridine rings is 1. The van der Waals surface area contributed by atoms with Crippen LogP contribution in [0, 0.1) is 13.8 Å². The van der Waals surface area contributed by atoms with Crippen LogP contribution in [0.3, 0.4) is 0 Å². The Balaban J connectivity index is 1.71. The fourth-order valence-electron chi connectivity index (χ4n) is 2.40. The summed E-state index contributed by atoms with van der Waals surface area (Å²) in [5.41, 5.74) is 3.50. The predicted molar refractivity (Wildman–Crippen MR) is 98.2 cm³/mol. The molecule has 0 spiro atoms. The summed E-state index contributed by atoms with van der Waals surface area (Å²) in [7, 11) is 0. The standard InChI is InChI=1S/C19H21N5O3/c1-11(2)21-19(25)16-7-8-17(23-22-16)26-10-15-13(4)27-24-18(15)14-6-5-12(3)20-9-14/h5-9,11H,10H2,1-4H3,(H,21,25). The predicted octanol–water partition coefficient (Wildman–Crippen LogP) is 2.86.